The Morgan fingerprint density at radius 1 is 0.180 bits per heavy atom. The molecule has 368 valence electrons. The largest absolute Gasteiger partial charge is 0.417 e. The van der Waals surface area contributed by atoms with E-state index in [4.69, 9.17) is 4.43 Å². The van der Waals surface area contributed by atoms with Crippen LogP contribution in [0.1, 0.15) is 355 Å². The zero-order valence-electron chi connectivity index (χ0n) is 43.8. The van der Waals surface area contributed by atoms with Crippen molar-refractivity contribution in [3.63, 3.8) is 0 Å². The van der Waals surface area contributed by atoms with Crippen LogP contribution in [-0.2, 0) is 4.43 Å². The molecule has 0 spiro atoms. The van der Waals surface area contributed by atoms with Gasteiger partial charge >= 0.3 is 0 Å². The van der Waals surface area contributed by atoms with Gasteiger partial charge in [-0.05, 0) is 25.1 Å². The molecule has 0 atom stereocenters. The Hall–Kier alpha value is 0.177. The summed E-state index contributed by atoms with van der Waals surface area (Å²) in [6.07, 6.45) is 74.8. The van der Waals surface area contributed by atoms with Crippen LogP contribution in [0.3, 0.4) is 0 Å². The van der Waals surface area contributed by atoms with Gasteiger partial charge in [0.2, 0.25) is 0 Å². The molecule has 0 aromatic rings. The highest BCUT2D eigenvalue weighted by Gasteiger charge is 2.33. The van der Waals surface area contributed by atoms with Gasteiger partial charge in [-0.1, -0.05) is 348 Å². The van der Waals surface area contributed by atoms with Crippen LogP contribution in [0.15, 0.2) is 0 Å². The Kier molecular flexibility index (Phi) is 54.7. The molecule has 0 aliphatic heterocycles. The third kappa shape index (κ3) is 49.5. The summed E-state index contributed by atoms with van der Waals surface area (Å²) >= 11 is 0. The molecule has 0 aromatic heterocycles. The topological polar surface area (TPSA) is 9.23 Å². The lowest BCUT2D eigenvalue weighted by atomic mass is 10.0. The van der Waals surface area contributed by atoms with Gasteiger partial charge in [0.25, 0.3) is 0 Å². The molecule has 0 radical (unpaired) electrons. The zero-order chi connectivity index (χ0) is 44.1. The first kappa shape index (κ1) is 61.2. The predicted octanol–water partition coefficient (Wildman–Crippen LogP) is 22.9. The lowest BCUT2D eigenvalue weighted by molar-refractivity contribution is 0.313. The van der Waals surface area contributed by atoms with E-state index in [2.05, 4.69) is 27.7 Å². The normalized spacial score (nSPS) is 12.0. The van der Waals surface area contributed by atoms with Gasteiger partial charge in [-0.3, -0.25) is 0 Å². The zero-order valence-corrected chi connectivity index (χ0v) is 44.8. The number of unbranched alkanes of at least 4 members (excludes halogenated alkanes) is 48. The second kappa shape index (κ2) is 54.5. The van der Waals surface area contributed by atoms with Gasteiger partial charge in [-0.25, -0.2) is 0 Å². The smallest absolute Gasteiger partial charge is 0.192 e. The van der Waals surface area contributed by atoms with Gasteiger partial charge in [0, 0.05) is 6.61 Å². The quantitative estimate of drug-likeness (QED) is 0.0437. The third-order valence-electron chi connectivity index (χ3n) is 14.7. The highest BCUT2D eigenvalue weighted by molar-refractivity contribution is 6.73. The van der Waals surface area contributed by atoms with Crippen LogP contribution in [-0.4, -0.2) is 14.9 Å². The van der Waals surface area contributed by atoms with Crippen molar-refractivity contribution in [2.45, 2.75) is 373 Å². The average molecular weight is 876 g/mol. The maximum Gasteiger partial charge on any atom is 0.192 e. The van der Waals surface area contributed by atoms with E-state index in [0.717, 1.165) is 6.61 Å². The van der Waals surface area contributed by atoms with Crippen LogP contribution in [0.25, 0.3) is 0 Å². The van der Waals surface area contributed by atoms with Gasteiger partial charge < -0.3 is 4.43 Å². The van der Waals surface area contributed by atoms with Crippen molar-refractivity contribution >= 4 is 8.32 Å². The average Bonchev–Trinajstić information content (AvgIpc) is 3.27. The molecule has 2 heteroatoms. The fourth-order valence-electron chi connectivity index (χ4n) is 10.4. The Morgan fingerprint density at radius 3 is 0.443 bits per heavy atom. The lowest BCUT2D eigenvalue weighted by Gasteiger charge is -2.32. The number of rotatable bonds is 56. The maximum atomic E-state index is 6.96. The summed E-state index contributed by atoms with van der Waals surface area (Å²) in [6.45, 7) is 10.2. The summed E-state index contributed by atoms with van der Waals surface area (Å²) < 4.78 is 6.96. The molecule has 0 aromatic carbocycles. The van der Waals surface area contributed by atoms with Gasteiger partial charge in [0.15, 0.2) is 8.32 Å². The van der Waals surface area contributed by atoms with Gasteiger partial charge in [0.05, 0.1) is 0 Å². The second-order valence-corrected chi connectivity index (χ2v) is 25.0. The van der Waals surface area contributed by atoms with Crippen LogP contribution in [0, 0.1) is 0 Å². The van der Waals surface area contributed by atoms with Crippen molar-refractivity contribution in [2.75, 3.05) is 6.61 Å². The molecular weight excluding hydrogens is 753 g/mol. The monoisotopic (exact) mass is 875 g/mol. The molecule has 0 saturated heterocycles. The van der Waals surface area contributed by atoms with E-state index in [1.807, 2.05) is 0 Å². The summed E-state index contributed by atoms with van der Waals surface area (Å²) in [6, 6.07) is 4.37. The van der Waals surface area contributed by atoms with Crippen LogP contribution >= 0.6 is 0 Å². The first-order chi connectivity index (χ1) is 30.2. The van der Waals surface area contributed by atoms with E-state index in [1.165, 1.54) is 346 Å². The molecule has 1 nitrogen and oxygen atoms in total. The number of hydrogen-bond donors (Lipinski definition) is 0. The molecule has 0 bridgehead atoms. The molecule has 0 amide bonds. The van der Waals surface area contributed by atoms with Crippen molar-refractivity contribution in [3.05, 3.63) is 0 Å². The highest BCUT2D eigenvalue weighted by Crippen LogP contribution is 2.31. The SMILES string of the molecule is CCCCCCCCCCCCCCCCCCC[Si](CCCCCCCCCCCCCCCCCCC)(CCCCCCCCCCCCCCCCCCC)OCC. The second-order valence-electron chi connectivity index (χ2n) is 20.8. The van der Waals surface area contributed by atoms with Crippen molar-refractivity contribution in [1.82, 2.24) is 0 Å². The first-order valence-corrected chi connectivity index (χ1v) is 32.4. The minimum Gasteiger partial charge on any atom is -0.417 e. The first-order valence-electron chi connectivity index (χ1n) is 29.9. The molecule has 0 N–H and O–H groups in total. The van der Waals surface area contributed by atoms with E-state index < -0.39 is 8.32 Å². The Bertz CT molecular complexity index is 658. The summed E-state index contributed by atoms with van der Waals surface area (Å²) in [5.74, 6) is 0. The molecule has 0 aliphatic carbocycles. The Balaban J connectivity index is 4.30. The van der Waals surface area contributed by atoms with Crippen molar-refractivity contribution in [1.29, 1.82) is 0 Å². The molecule has 0 heterocycles. The van der Waals surface area contributed by atoms with E-state index >= 15 is 0 Å². The van der Waals surface area contributed by atoms with Gasteiger partial charge in [0.1, 0.15) is 0 Å². The highest BCUT2D eigenvalue weighted by atomic mass is 28.4. The molecular formula is C59H122OSi. The van der Waals surface area contributed by atoms with E-state index in [-0.39, 0.29) is 0 Å². The molecule has 61 heavy (non-hydrogen) atoms. The fraction of sp³-hybridized carbons (Fsp3) is 1.00. The fourth-order valence-corrected chi connectivity index (χ4v) is 14.9. The van der Waals surface area contributed by atoms with Crippen LogP contribution in [0.5, 0.6) is 0 Å². The Labute approximate surface area is 391 Å². The third-order valence-corrected chi connectivity index (χ3v) is 19.4. The summed E-state index contributed by atoms with van der Waals surface area (Å²) in [5, 5.41) is 0. The molecule has 0 saturated carbocycles. The minimum atomic E-state index is -1.62. The van der Waals surface area contributed by atoms with E-state index in [0.29, 0.717) is 0 Å². The molecule has 0 aliphatic rings. The van der Waals surface area contributed by atoms with Gasteiger partial charge in [-0.15, -0.1) is 0 Å². The molecule has 0 unspecified atom stereocenters. The van der Waals surface area contributed by atoms with Crippen molar-refractivity contribution in [3.8, 4) is 0 Å². The minimum absolute atomic E-state index is 0.961. The van der Waals surface area contributed by atoms with Crippen LogP contribution in [0.2, 0.25) is 18.1 Å². The van der Waals surface area contributed by atoms with Crippen molar-refractivity contribution in [2.24, 2.45) is 0 Å². The van der Waals surface area contributed by atoms with E-state index in [9.17, 15) is 0 Å². The standard InChI is InChI=1S/C59H122OSi/c1-5-9-12-15-18-21-24-27-30-33-36-39-42-45-48-51-54-57-61(60-8-4,58-55-52-49-46-43-40-37-34-31-28-25-22-19-16-13-10-6-2)59-56-53-50-47-44-41-38-35-32-29-26-23-20-17-14-11-7-3/h5-59H2,1-4H3. The summed E-state index contributed by atoms with van der Waals surface area (Å²) in [7, 11) is -1.62. The van der Waals surface area contributed by atoms with Crippen LogP contribution < -0.4 is 0 Å². The maximum absolute atomic E-state index is 6.96. The van der Waals surface area contributed by atoms with Crippen molar-refractivity contribution < 1.29 is 4.43 Å². The summed E-state index contributed by atoms with van der Waals surface area (Å²) in [4.78, 5) is 0. The lowest BCUT2D eigenvalue weighted by Crippen LogP contribution is -2.38. The summed E-state index contributed by atoms with van der Waals surface area (Å²) in [5.41, 5.74) is 0. The molecule has 0 rings (SSSR count). The van der Waals surface area contributed by atoms with Crippen LogP contribution in [0.4, 0.5) is 0 Å². The predicted molar refractivity (Wildman–Crippen MR) is 284 cm³/mol. The molecule has 0 fully saturated rings. The Morgan fingerprint density at radius 2 is 0.311 bits per heavy atom. The van der Waals surface area contributed by atoms with E-state index in [1.54, 1.807) is 0 Å². The van der Waals surface area contributed by atoms with Gasteiger partial charge in [-0.2, -0.15) is 0 Å². The number of hydrogen-bond acceptors (Lipinski definition) is 1.